The lowest BCUT2D eigenvalue weighted by Crippen LogP contribution is -2.20. The van der Waals surface area contributed by atoms with Gasteiger partial charge in [-0.05, 0) is 22.4 Å². The minimum Gasteiger partial charge on any atom is -0.486 e. The molecule has 3 rings (SSSR count). The molecule has 0 aromatic heterocycles. The second kappa shape index (κ2) is 5.21. The molecular formula is C13H13BrFNO4. The molecule has 2 unspecified atom stereocenters. The van der Waals surface area contributed by atoms with E-state index in [1.165, 1.54) is 6.07 Å². The van der Waals surface area contributed by atoms with Crippen LogP contribution in [0.25, 0.3) is 0 Å². The lowest BCUT2D eigenvalue weighted by molar-refractivity contribution is -0.141. The molecule has 2 heterocycles. The van der Waals surface area contributed by atoms with Crippen molar-refractivity contribution in [3.05, 3.63) is 21.9 Å². The summed E-state index contributed by atoms with van der Waals surface area (Å²) in [5.41, 5.74) is 0.401. The second-order valence-electron chi connectivity index (χ2n) is 4.84. The van der Waals surface area contributed by atoms with Crippen LogP contribution in [0, 0.1) is 11.7 Å². The van der Waals surface area contributed by atoms with Crippen molar-refractivity contribution in [3.63, 3.8) is 0 Å². The fraction of sp³-hybridized carbons (Fsp3) is 0.462. The first-order valence-electron chi connectivity index (χ1n) is 6.31. The number of aliphatic carboxylic acids is 1. The second-order valence-corrected chi connectivity index (χ2v) is 5.63. The van der Waals surface area contributed by atoms with Gasteiger partial charge in [0.1, 0.15) is 19.0 Å². The summed E-state index contributed by atoms with van der Waals surface area (Å²) in [5.74, 6) is -0.941. The van der Waals surface area contributed by atoms with Crippen LogP contribution in [0.2, 0.25) is 0 Å². The molecular weight excluding hydrogens is 333 g/mol. The molecule has 0 spiro atoms. The molecule has 2 atom stereocenters. The molecule has 7 heteroatoms. The average molecular weight is 346 g/mol. The first kappa shape index (κ1) is 13.6. The lowest BCUT2D eigenvalue weighted by atomic mass is 9.99. The third-order valence-electron chi connectivity index (χ3n) is 3.59. The van der Waals surface area contributed by atoms with Crippen LogP contribution in [0.4, 0.5) is 4.39 Å². The van der Waals surface area contributed by atoms with Crippen LogP contribution in [0.1, 0.15) is 18.0 Å². The number of ether oxygens (including phenoxy) is 2. The molecule has 0 amide bonds. The van der Waals surface area contributed by atoms with Crippen LogP contribution >= 0.6 is 15.9 Å². The van der Waals surface area contributed by atoms with Crippen molar-refractivity contribution in [1.29, 1.82) is 0 Å². The molecule has 1 saturated heterocycles. The molecule has 0 saturated carbocycles. The van der Waals surface area contributed by atoms with Crippen molar-refractivity contribution in [2.75, 3.05) is 19.8 Å². The topological polar surface area (TPSA) is 67.8 Å². The van der Waals surface area contributed by atoms with Crippen LogP contribution in [-0.4, -0.2) is 30.8 Å². The van der Waals surface area contributed by atoms with Crippen LogP contribution in [0.5, 0.6) is 11.5 Å². The summed E-state index contributed by atoms with van der Waals surface area (Å²) in [6.07, 6.45) is 0.352. The number of carboxylic acids is 1. The molecule has 20 heavy (non-hydrogen) atoms. The first-order chi connectivity index (χ1) is 9.58. The third kappa shape index (κ3) is 2.25. The predicted molar refractivity (Wildman–Crippen MR) is 71.6 cm³/mol. The molecule has 108 valence electrons. The first-order valence-corrected chi connectivity index (χ1v) is 7.11. The molecule has 1 fully saturated rings. The normalized spacial score (nSPS) is 24.7. The van der Waals surface area contributed by atoms with Gasteiger partial charge in [-0.25, -0.2) is 4.39 Å². The number of carbonyl (C=O) groups is 1. The molecule has 0 radical (unpaired) electrons. The van der Waals surface area contributed by atoms with E-state index in [0.717, 1.165) is 0 Å². The van der Waals surface area contributed by atoms with E-state index in [4.69, 9.17) is 14.6 Å². The van der Waals surface area contributed by atoms with Gasteiger partial charge in [0.25, 0.3) is 0 Å². The van der Waals surface area contributed by atoms with Gasteiger partial charge < -0.3 is 19.9 Å². The van der Waals surface area contributed by atoms with Crippen LogP contribution in [-0.2, 0) is 4.79 Å². The Morgan fingerprint density at radius 3 is 2.90 bits per heavy atom. The van der Waals surface area contributed by atoms with Crippen molar-refractivity contribution in [2.24, 2.45) is 5.92 Å². The summed E-state index contributed by atoms with van der Waals surface area (Å²) in [5, 5.41) is 12.1. The van der Waals surface area contributed by atoms with Gasteiger partial charge in [0, 0.05) is 24.2 Å². The molecule has 0 aliphatic carbocycles. The number of rotatable bonds is 2. The van der Waals surface area contributed by atoms with Crippen molar-refractivity contribution >= 4 is 21.9 Å². The highest BCUT2D eigenvalue weighted by molar-refractivity contribution is 9.10. The molecule has 1 aromatic rings. The van der Waals surface area contributed by atoms with E-state index < -0.39 is 17.7 Å². The number of hydrogen-bond donors (Lipinski definition) is 2. The van der Waals surface area contributed by atoms with Gasteiger partial charge in [-0.15, -0.1) is 0 Å². The largest absolute Gasteiger partial charge is 0.486 e. The summed E-state index contributed by atoms with van der Waals surface area (Å²) >= 11 is 3.35. The van der Waals surface area contributed by atoms with Crippen LogP contribution in [0.15, 0.2) is 10.5 Å². The van der Waals surface area contributed by atoms with Crippen LogP contribution in [0.3, 0.4) is 0 Å². The molecule has 2 aliphatic heterocycles. The van der Waals surface area contributed by atoms with E-state index in [9.17, 15) is 9.18 Å². The number of halogens is 2. The third-order valence-corrected chi connectivity index (χ3v) is 4.38. The number of fused-ring (bicyclic) bond motifs is 1. The van der Waals surface area contributed by atoms with Gasteiger partial charge in [-0.3, -0.25) is 4.79 Å². The highest BCUT2D eigenvalue weighted by Gasteiger charge is 2.34. The van der Waals surface area contributed by atoms with E-state index in [0.29, 0.717) is 47.7 Å². The van der Waals surface area contributed by atoms with E-state index in [1.54, 1.807) is 0 Å². The number of nitrogens with one attached hydrogen (secondary N) is 1. The van der Waals surface area contributed by atoms with Gasteiger partial charge in [0.05, 0.1) is 10.4 Å². The molecule has 5 nitrogen and oxygen atoms in total. The van der Waals surface area contributed by atoms with E-state index in [-0.39, 0.29) is 6.04 Å². The predicted octanol–water partition coefficient (Wildman–Crippen LogP) is 2.09. The maximum absolute atomic E-state index is 14.3. The Bertz CT molecular complexity index is 566. The molecule has 1 aromatic carbocycles. The van der Waals surface area contributed by atoms with Gasteiger partial charge in [0.2, 0.25) is 0 Å². The summed E-state index contributed by atoms with van der Waals surface area (Å²) in [4.78, 5) is 11.0. The Balaban J connectivity index is 1.96. The minimum absolute atomic E-state index is 0.334. The maximum Gasteiger partial charge on any atom is 0.307 e. The molecule has 2 N–H and O–H groups in total. The van der Waals surface area contributed by atoms with Crippen molar-refractivity contribution in [2.45, 2.75) is 12.5 Å². The van der Waals surface area contributed by atoms with E-state index in [2.05, 4.69) is 21.2 Å². The maximum atomic E-state index is 14.3. The summed E-state index contributed by atoms with van der Waals surface area (Å²) < 4.78 is 25.6. The Kier molecular flexibility index (Phi) is 3.55. The summed E-state index contributed by atoms with van der Waals surface area (Å²) in [6, 6.07) is 0.950. The van der Waals surface area contributed by atoms with Gasteiger partial charge in [0.15, 0.2) is 11.5 Å². The fourth-order valence-electron chi connectivity index (χ4n) is 2.59. The Morgan fingerprint density at radius 1 is 1.45 bits per heavy atom. The highest BCUT2D eigenvalue weighted by atomic mass is 79.9. The smallest absolute Gasteiger partial charge is 0.307 e. The highest BCUT2D eigenvalue weighted by Crippen LogP contribution is 2.45. The fourth-order valence-corrected chi connectivity index (χ4v) is 3.37. The Hall–Kier alpha value is -1.34. The quantitative estimate of drug-likeness (QED) is 0.859. The number of hydrogen-bond acceptors (Lipinski definition) is 4. The monoisotopic (exact) mass is 345 g/mol. The Labute approximate surface area is 123 Å². The molecule has 0 bridgehead atoms. The average Bonchev–Trinajstić information content (AvgIpc) is 2.88. The van der Waals surface area contributed by atoms with E-state index in [1.807, 2.05) is 0 Å². The van der Waals surface area contributed by atoms with Crippen molar-refractivity contribution < 1.29 is 23.8 Å². The van der Waals surface area contributed by atoms with Crippen molar-refractivity contribution in [3.8, 4) is 11.5 Å². The van der Waals surface area contributed by atoms with Crippen LogP contribution < -0.4 is 14.8 Å². The number of benzene rings is 1. The van der Waals surface area contributed by atoms with Gasteiger partial charge in [-0.1, -0.05) is 0 Å². The van der Waals surface area contributed by atoms with Gasteiger partial charge in [-0.2, -0.15) is 0 Å². The lowest BCUT2D eigenvalue weighted by Gasteiger charge is -2.23. The summed E-state index contributed by atoms with van der Waals surface area (Å²) in [6.45, 7) is 1.13. The van der Waals surface area contributed by atoms with Gasteiger partial charge >= 0.3 is 5.97 Å². The Morgan fingerprint density at radius 2 is 2.20 bits per heavy atom. The SMILES string of the molecule is O=C(O)C1CNC(c2c(F)cc3c(c2Br)OCCO3)C1. The minimum atomic E-state index is -0.867. The summed E-state index contributed by atoms with van der Waals surface area (Å²) in [7, 11) is 0. The zero-order valence-electron chi connectivity index (χ0n) is 10.5. The zero-order chi connectivity index (χ0) is 14.3. The zero-order valence-corrected chi connectivity index (χ0v) is 12.1. The number of carboxylic acid groups (broad SMARTS) is 1. The molecule has 2 aliphatic rings. The van der Waals surface area contributed by atoms with Crippen molar-refractivity contribution in [1.82, 2.24) is 5.32 Å². The van der Waals surface area contributed by atoms with E-state index >= 15 is 0 Å². The standard InChI is InChI=1S/C13H13BrFNO4/c14-11-10(8-3-6(5-16-8)13(17)18)7(15)4-9-12(11)20-2-1-19-9/h4,6,8,16H,1-3,5H2,(H,17,18).